The summed E-state index contributed by atoms with van der Waals surface area (Å²) in [6.45, 7) is 6.21. The van der Waals surface area contributed by atoms with Crippen molar-refractivity contribution in [1.29, 1.82) is 0 Å². The van der Waals surface area contributed by atoms with E-state index >= 15 is 0 Å². The Morgan fingerprint density at radius 3 is 2.67 bits per heavy atom. The third-order valence-corrected chi connectivity index (χ3v) is 4.44. The highest BCUT2D eigenvalue weighted by Crippen LogP contribution is 2.25. The van der Waals surface area contributed by atoms with E-state index in [4.69, 9.17) is 4.74 Å². The van der Waals surface area contributed by atoms with Crippen molar-refractivity contribution in [3.63, 3.8) is 0 Å². The second-order valence-corrected chi connectivity index (χ2v) is 7.85. The van der Waals surface area contributed by atoms with Gasteiger partial charge in [-0.2, -0.15) is 5.10 Å². The Bertz CT molecular complexity index is 1140. The molecule has 0 atom stereocenters. The highest BCUT2D eigenvalue weighted by molar-refractivity contribution is 5.77. The number of ether oxygens (including phenoxy) is 1. The molecule has 4 rings (SSSR count). The van der Waals surface area contributed by atoms with Gasteiger partial charge in [-0.15, -0.1) is 0 Å². The molecular weight excluding hydrogens is 394 g/mol. The standard InChI is InChI=1S/C20H20F2N6O2/c1-20(2,3)30-19(29)27-7-6-12(10-27)14-8-15(25-11-24-14)16-9-23-17-5-4-13(18(21)22)26-28(16)17/h4-6,8-9,11,18H,7,10H2,1-3H3. The number of halogens is 2. The van der Waals surface area contributed by atoms with Crippen molar-refractivity contribution < 1.29 is 18.3 Å². The SMILES string of the molecule is CC(C)(C)OC(=O)N1CC=C(c2cc(-c3cnc4ccc(C(F)F)nn34)ncn2)C1. The van der Waals surface area contributed by atoms with Crippen molar-refractivity contribution >= 4 is 17.3 Å². The lowest BCUT2D eigenvalue weighted by molar-refractivity contribution is 0.0306. The van der Waals surface area contributed by atoms with Crippen molar-refractivity contribution in [1.82, 2.24) is 29.5 Å². The number of carbonyl (C=O) groups excluding carboxylic acids is 1. The van der Waals surface area contributed by atoms with Crippen LogP contribution in [-0.2, 0) is 4.74 Å². The zero-order chi connectivity index (χ0) is 21.5. The summed E-state index contributed by atoms with van der Waals surface area (Å²) in [6, 6.07) is 4.46. The average Bonchev–Trinajstić information content (AvgIpc) is 3.34. The first kappa shape index (κ1) is 19.9. The Kier molecular flexibility index (Phi) is 4.92. The molecule has 0 N–H and O–H groups in total. The number of imidazole rings is 1. The van der Waals surface area contributed by atoms with E-state index in [1.54, 1.807) is 11.0 Å². The van der Waals surface area contributed by atoms with Gasteiger partial charge in [-0.25, -0.2) is 33.0 Å². The Balaban J connectivity index is 1.59. The summed E-state index contributed by atoms with van der Waals surface area (Å²) in [6.07, 6.45) is 1.73. The number of alkyl halides is 2. The maximum Gasteiger partial charge on any atom is 0.410 e. The first-order chi connectivity index (χ1) is 14.2. The van der Waals surface area contributed by atoms with Gasteiger partial charge in [0.1, 0.15) is 23.3 Å². The number of amides is 1. The van der Waals surface area contributed by atoms with Crippen LogP contribution in [0.25, 0.3) is 22.6 Å². The van der Waals surface area contributed by atoms with Crippen LogP contribution >= 0.6 is 0 Å². The van der Waals surface area contributed by atoms with Gasteiger partial charge in [0.25, 0.3) is 6.43 Å². The number of fused-ring (bicyclic) bond motifs is 1. The van der Waals surface area contributed by atoms with Gasteiger partial charge in [0, 0.05) is 6.54 Å². The largest absolute Gasteiger partial charge is 0.444 e. The average molecular weight is 414 g/mol. The molecular formula is C20H20F2N6O2. The lowest BCUT2D eigenvalue weighted by atomic mass is 10.1. The van der Waals surface area contributed by atoms with E-state index in [2.05, 4.69) is 20.1 Å². The van der Waals surface area contributed by atoms with Crippen LogP contribution in [0.1, 0.15) is 38.6 Å². The molecule has 156 valence electrons. The summed E-state index contributed by atoms with van der Waals surface area (Å²) < 4.78 is 32.8. The molecule has 30 heavy (non-hydrogen) atoms. The third kappa shape index (κ3) is 3.98. The maximum atomic E-state index is 13.0. The van der Waals surface area contributed by atoms with Crippen molar-refractivity contribution in [3.8, 4) is 11.4 Å². The topological polar surface area (TPSA) is 85.5 Å². The molecule has 0 aromatic carbocycles. The summed E-state index contributed by atoms with van der Waals surface area (Å²) in [5.41, 5.74) is 1.95. The minimum Gasteiger partial charge on any atom is -0.444 e. The van der Waals surface area contributed by atoms with Gasteiger partial charge in [0.2, 0.25) is 0 Å². The predicted molar refractivity (Wildman–Crippen MR) is 105 cm³/mol. The summed E-state index contributed by atoms with van der Waals surface area (Å²) in [7, 11) is 0. The van der Waals surface area contributed by atoms with E-state index in [0.29, 0.717) is 35.8 Å². The van der Waals surface area contributed by atoms with Crippen molar-refractivity contribution in [2.75, 3.05) is 13.1 Å². The first-order valence-corrected chi connectivity index (χ1v) is 9.34. The Morgan fingerprint density at radius 1 is 1.17 bits per heavy atom. The smallest absolute Gasteiger partial charge is 0.410 e. The molecule has 8 nitrogen and oxygen atoms in total. The Hall–Kier alpha value is -3.43. The van der Waals surface area contributed by atoms with Gasteiger partial charge in [0.15, 0.2) is 5.65 Å². The Labute approximate surface area is 171 Å². The summed E-state index contributed by atoms with van der Waals surface area (Å²) in [4.78, 5) is 26.6. The predicted octanol–water partition coefficient (Wildman–Crippen LogP) is 3.76. The van der Waals surface area contributed by atoms with Crippen LogP contribution in [0.15, 0.2) is 36.8 Å². The molecule has 0 aliphatic carbocycles. The molecule has 0 fully saturated rings. The monoisotopic (exact) mass is 414 g/mol. The van der Waals surface area contributed by atoms with Gasteiger partial charge in [0.05, 0.1) is 24.1 Å². The van der Waals surface area contributed by atoms with E-state index in [1.165, 1.54) is 29.2 Å². The van der Waals surface area contributed by atoms with Crippen LogP contribution < -0.4 is 0 Å². The van der Waals surface area contributed by atoms with E-state index in [-0.39, 0.29) is 5.69 Å². The maximum absolute atomic E-state index is 13.0. The molecule has 3 aromatic rings. The molecule has 0 spiro atoms. The van der Waals surface area contributed by atoms with Gasteiger partial charge >= 0.3 is 6.09 Å². The van der Waals surface area contributed by atoms with Crippen molar-refractivity contribution in [2.24, 2.45) is 0 Å². The van der Waals surface area contributed by atoms with E-state index < -0.39 is 18.1 Å². The zero-order valence-corrected chi connectivity index (χ0v) is 16.7. The fourth-order valence-electron chi connectivity index (χ4n) is 3.06. The van der Waals surface area contributed by atoms with Crippen molar-refractivity contribution in [3.05, 3.63) is 48.2 Å². The zero-order valence-electron chi connectivity index (χ0n) is 16.7. The number of hydrogen-bond acceptors (Lipinski definition) is 6. The number of hydrogen-bond donors (Lipinski definition) is 0. The highest BCUT2D eigenvalue weighted by Gasteiger charge is 2.26. The van der Waals surface area contributed by atoms with E-state index in [9.17, 15) is 13.6 Å². The quantitative estimate of drug-likeness (QED) is 0.649. The van der Waals surface area contributed by atoms with E-state index in [1.807, 2.05) is 26.8 Å². The van der Waals surface area contributed by atoms with Crippen LogP contribution in [0, 0.1) is 0 Å². The molecule has 0 radical (unpaired) electrons. The minimum atomic E-state index is -2.69. The molecule has 0 bridgehead atoms. The van der Waals surface area contributed by atoms with Gasteiger partial charge in [-0.1, -0.05) is 6.08 Å². The molecule has 10 heteroatoms. The summed E-state index contributed by atoms with van der Waals surface area (Å²) in [5, 5.41) is 3.97. The molecule has 0 unspecified atom stereocenters. The fourth-order valence-corrected chi connectivity index (χ4v) is 3.06. The molecule has 0 saturated heterocycles. The van der Waals surface area contributed by atoms with Gasteiger partial charge in [-0.05, 0) is 44.5 Å². The second kappa shape index (κ2) is 7.43. The van der Waals surface area contributed by atoms with Crippen molar-refractivity contribution in [2.45, 2.75) is 32.8 Å². The number of nitrogens with zero attached hydrogens (tertiary/aromatic N) is 6. The van der Waals surface area contributed by atoms with Crippen LogP contribution in [0.5, 0.6) is 0 Å². The molecule has 3 aromatic heterocycles. The summed E-state index contributed by atoms with van der Waals surface area (Å²) >= 11 is 0. The van der Waals surface area contributed by atoms with E-state index in [0.717, 1.165) is 5.57 Å². The second-order valence-electron chi connectivity index (χ2n) is 7.85. The third-order valence-electron chi connectivity index (χ3n) is 4.44. The summed E-state index contributed by atoms with van der Waals surface area (Å²) in [5.74, 6) is 0. The van der Waals surface area contributed by atoms with Gasteiger partial charge < -0.3 is 9.64 Å². The normalized spacial score (nSPS) is 14.5. The molecule has 0 saturated carbocycles. The molecule has 1 aliphatic rings. The number of rotatable bonds is 3. The van der Waals surface area contributed by atoms with Crippen LogP contribution in [0.4, 0.5) is 13.6 Å². The van der Waals surface area contributed by atoms with Gasteiger partial charge in [-0.3, -0.25) is 0 Å². The molecule has 4 heterocycles. The first-order valence-electron chi connectivity index (χ1n) is 9.34. The number of aromatic nitrogens is 5. The van der Waals surface area contributed by atoms with Crippen LogP contribution in [0.2, 0.25) is 0 Å². The molecule has 1 aliphatic heterocycles. The van der Waals surface area contributed by atoms with Crippen LogP contribution in [-0.4, -0.2) is 54.2 Å². The molecule has 1 amide bonds. The lowest BCUT2D eigenvalue weighted by Gasteiger charge is -2.24. The minimum absolute atomic E-state index is 0.345. The number of carbonyl (C=O) groups is 1. The Morgan fingerprint density at radius 2 is 1.93 bits per heavy atom. The lowest BCUT2D eigenvalue weighted by Crippen LogP contribution is -2.35. The van der Waals surface area contributed by atoms with Crippen LogP contribution in [0.3, 0.4) is 0 Å². The fraction of sp³-hybridized carbons (Fsp3) is 0.350. The highest BCUT2D eigenvalue weighted by atomic mass is 19.3.